The summed E-state index contributed by atoms with van der Waals surface area (Å²) in [4.78, 5) is 11.9. The molecular weight excluding hydrogens is 268 g/mol. The standard InChI is InChI=1S/C17H20O4/c1-3-7-20-14-6-5-12-11-16(18)15(10-13(12)9-14)17(19)21-8-4-2/h5-6,9-11,18H,3-4,7-8H2,1-2H3. The number of ether oxygens (including phenoxy) is 2. The number of fused-ring (bicyclic) bond motifs is 1. The number of carbonyl (C=O) groups is 1. The molecule has 21 heavy (non-hydrogen) atoms. The van der Waals surface area contributed by atoms with E-state index in [2.05, 4.69) is 0 Å². The second-order valence-electron chi connectivity index (χ2n) is 4.86. The molecule has 2 aromatic rings. The van der Waals surface area contributed by atoms with Gasteiger partial charge in [-0.05, 0) is 47.9 Å². The molecule has 4 heteroatoms. The summed E-state index contributed by atoms with van der Waals surface area (Å²) in [5.74, 6) is 0.185. The Hall–Kier alpha value is -2.23. The molecular formula is C17H20O4. The summed E-state index contributed by atoms with van der Waals surface area (Å²) in [5.41, 5.74) is 0.184. The minimum absolute atomic E-state index is 0.0640. The van der Waals surface area contributed by atoms with Crippen molar-refractivity contribution in [3.63, 3.8) is 0 Å². The van der Waals surface area contributed by atoms with Gasteiger partial charge in [0, 0.05) is 0 Å². The molecule has 0 aliphatic heterocycles. The van der Waals surface area contributed by atoms with E-state index in [1.807, 2.05) is 32.0 Å². The normalized spacial score (nSPS) is 10.6. The minimum atomic E-state index is -0.504. The van der Waals surface area contributed by atoms with Crippen LogP contribution in [0, 0.1) is 0 Å². The molecule has 1 N–H and O–H groups in total. The molecule has 0 aliphatic carbocycles. The maximum absolute atomic E-state index is 11.9. The van der Waals surface area contributed by atoms with Crippen LogP contribution in [-0.4, -0.2) is 24.3 Å². The highest BCUT2D eigenvalue weighted by Gasteiger charge is 2.14. The molecule has 0 saturated heterocycles. The average molecular weight is 288 g/mol. The van der Waals surface area contributed by atoms with Gasteiger partial charge in [0.05, 0.1) is 13.2 Å². The van der Waals surface area contributed by atoms with Crippen LogP contribution in [-0.2, 0) is 4.74 Å². The summed E-state index contributed by atoms with van der Waals surface area (Å²) in [7, 11) is 0. The number of esters is 1. The van der Waals surface area contributed by atoms with Crippen LogP contribution >= 0.6 is 0 Å². The third kappa shape index (κ3) is 3.66. The molecule has 0 aliphatic rings. The van der Waals surface area contributed by atoms with E-state index in [-0.39, 0.29) is 11.3 Å². The third-order valence-electron chi connectivity index (χ3n) is 3.06. The van der Waals surface area contributed by atoms with E-state index >= 15 is 0 Å². The van der Waals surface area contributed by atoms with Crippen molar-refractivity contribution >= 4 is 16.7 Å². The summed E-state index contributed by atoms with van der Waals surface area (Å²) in [6.45, 7) is 4.96. The van der Waals surface area contributed by atoms with Gasteiger partial charge in [-0.3, -0.25) is 0 Å². The van der Waals surface area contributed by atoms with Gasteiger partial charge >= 0.3 is 5.97 Å². The lowest BCUT2D eigenvalue weighted by Gasteiger charge is -2.09. The van der Waals surface area contributed by atoms with E-state index in [9.17, 15) is 9.90 Å². The minimum Gasteiger partial charge on any atom is -0.507 e. The van der Waals surface area contributed by atoms with Crippen LogP contribution in [0.3, 0.4) is 0 Å². The summed E-state index contributed by atoms with van der Waals surface area (Å²) >= 11 is 0. The lowest BCUT2D eigenvalue weighted by atomic mass is 10.1. The summed E-state index contributed by atoms with van der Waals surface area (Å²) < 4.78 is 10.7. The van der Waals surface area contributed by atoms with Gasteiger partial charge in [0.1, 0.15) is 17.1 Å². The van der Waals surface area contributed by atoms with Crippen molar-refractivity contribution in [2.45, 2.75) is 26.7 Å². The van der Waals surface area contributed by atoms with Crippen molar-refractivity contribution in [1.82, 2.24) is 0 Å². The first-order valence-corrected chi connectivity index (χ1v) is 7.22. The van der Waals surface area contributed by atoms with Crippen molar-refractivity contribution in [2.75, 3.05) is 13.2 Å². The Morgan fingerprint density at radius 2 is 1.81 bits per heavy atom. The van der Waals surface area contributed by atoms with E-state index in [0.29, 0.717) is 13.2 Å². The van der Waals surface area contributed by atoms with Crippen molar-refractivity contribution in [3.05, 3.63) is 35.9 Å². The van der Waals surface area contributed by atoms with E-state index < -0.39 is 5.97 Å². The van der Waals surface area contributed by atoms with Gasteiger partial charge in [-0.1, -0.05) is 19.9 Å². The Kier molecular flexibility index (Phi) is 5.04. The number of carbonyl (C=O) groups excluding carboxylic acids is 1. The van der Waals surface area contributed by atoms with E-state index in [1.165, 1.54) is 0 Å². The Morgan fingerprint density at radius 3 is 2.52 bits per heavy atom. The number of benzene rings is 2. The molecule has 0 unspecified atom stereocenters. The smallest absolute Gasteiger partial charge is 0.341 e. The number of phenolic OH excluding ortho intramolecular Hbond substituents is 1. The average Bonchev–Trinajstić information content (AvgIpc) is 2.49. The summed E-state index contributed by atoms with van der Waals surface area (Å²) in [6.07, 6.45) is 1.68. The molecule has 0 amide bonds. The number of hydrogen-bond acceptors (Lipinski definition) is 4. The SMILES string of the molecule is CCCOC(=O)c1cc2cc(OCCC)ccc2cc1O. The first-order chi connectivity index (χ1) is 10.2. The Bertz CT molecular complexity index is 634. The first kappa shape index (κ1) is 15.2. The zero-order valence-corrected chi connectivity index (χ0v) is 12.4. The van der Waals surface area contributed by atoms with Crippen LogP contribution in [0.5, 0.6) is 11.5 Å². The van der Waals surface area contributed by atoms with Crippen LogP contribution in [0.2, 0.25) is 0 Å². The van der Waals surface area contributed by atoms with Crippen LogP contribution in [0.25, 0.3) is 10.8 Å². The highest BCUT2D eigenvalue weighted by Crippen LogP contribution is 2.28. The Labute approximate surface area is 124 Å². The lowest BCUT2D eigenvalue weighted by Crippen LogP contribution is -2.06. The van der Waals surface area contributed by atoms with Gasteiger partial charge < -0.3 is 14.6 Å². The summed E-state index contributed by atoms with van der Waals surface area (Å²) in [5, 5.41) is 11.6. The molecule has 0 heterocycles. The molecule has 2 rings (SSSR count). The van der Waals surface area contributed by atoms with Gasteiger partial charge in [0.25, 0.3) is 0 Å². The molecule has 0 atom stereocenters. The van der Waals surface area contributed by atoms with E-state index in [0.717, 1.165) is 29.4 Å². The van der Waals surface area contributed by atoms with Gasteiger partial charge in [-0.25, -0.2) is 4.79 Å². The van der Waals surface area contributed by atoms with E-state index in [4.69, 9.17) is 9.47 Å². The maximum atomic E-state index is 11.9. The summed E-state index contributed by atoms with van der Waals surface area (Å²) in [6, 6.07) is 8.79. The van der Waals surface area contributed by atoms with Crippen molar-refractivity contribution in [2.24, 2.45) is 0 Å². The fourth-order valence-electron chi connectivity index (χ4n) is 2.01. The van der Waals surface area contributed by atoms with Gasteiger partial charge in [0.2, 0.25) is 0 Å². The second kappa shape index (κ2) is 6.97. The van der Waals surface area contributed by atoms with Gasteiger partial charge in [-0.2, -0.15) is 0 Å². The third-order valence-corrected chi connectivity index (χ3v) is 3.06. The van der Waals surface area contributed by atoms with Crippen LogP contribution in [0.4, 0.5) is 0 Å². The predicted octanol–water partition coefficient (Wildman–Crippen LogP) is 3.90. The molecule has 0 spiro atoms. The molecule has 112 valence electrons. The molecule has 0 aromatic heterocycles. The fraction of sp³-hybridized carbons (Fsp3) is 0.353. The quantitative estimate of drug-likeness (QED) is 0.819. The topological polar surface area (TPSA) is 55.8 Å². The highest BCUT2D eigenvalue weighted by atomic mass is 16.5. The molecule has 4 nitrogen and oxygen atoms in total. The molecule has 0 saturated carbocycles. The number of phenols is 1. The molecule has 0 bridgehead atoms. The largest absolute Gasteiger partial charge is 0.507 e. The first-order valence-electron chi connectivity index (χ1n) is 7.22. The van der Waals surface area contributed by atoms with Crippen molar-refractivity contribution in [1.29, 1.82) is 0 Å². The monoisotopic (exact) mass is 288 g/mol. The van der Waals surface area contributed by atoms with Crippen LogP contribution in [0.15, 0.2) is 30.3 Å². The zero-order valence-electron chi connectivity index (χ0n) is 12.4. The van der Waals surface area contributed by atoms with Crippen molar-refractivity contribution < 1.29 is 19.4 Å². The van der Waals surface area contributed by atoms with Crippen molar-refractivity contribution in [3.8, 4) is 11.5 Å². The second-order valence-corrected chi connectivity index (χ2v) is 4.86. The van der Waals surface area contributed by atoms with E-state index in [1.54, 1.807) is 12.1 Å². The molecule has 2 aromatic carbocycles. The fourth-order valence-corrected chi connectivity index (χ4v) is 2.01. The Balaban J connectivity index is 2.34. The predicted molar refractivity (Wildman–Crippen MR) is 82.0 cm³/mol. The lowest BCUT2D eigenvalue weighted by molar-refractivity contribution is 0.0502. The molecule has 0 fully saturated rings. The zero-order chi connectivity index (χ0) is 15.2. The van der Waals surface area contributed by atoms with Crippen LogP contribution in [0.1, 0.15) is 37.0 Å². The maximum Gasteiger partial charge on any atom is 0.341 e. The Morgan fingerprint density at radius 1 is 1.05 bits per heavy atom. The number of hydrogen-bond donors (Lipinski definition) is 1. The van der Waals surface area contributed by atoms with Gasteiger partial charge in [0.15, 0.2) is 0 Å². The number of aromatic hydroxyl groups is 1. The van der Waals surface area contributed by atoms with Crippen LogP contribution < -0.4 is 4.74 Å². The number of rotatable bonds is 6. The van der Waals surface area contributed by atoms with Gasteiger partial charge in [-0.15, -0.1) is 0 Å². The molecule has 0 radical (unpaired) electrons. The highest BCUT2D eigenvalue weighted by molar-refractivity contribution is 5.98.